The first-order valence-corrected chi connectivity index (χ1v) is 11.5. The average Bonchev–Trinajstić information content (AvgIpc) is 2.84. The Labute approximate surface area is 210 Å². The summed E-state index contributed by atoms with van der Waals surface area (Å²) < 4.78 is 0. The third kappa shape index (κ3) is 7.16. The Morgan fingerprint density at radius 2 is 1.06 bits per heavy atom. The first-order chi connectivity index (χ1) is 16.3. The standard InChI is InChI=1S/C25H27N7S2/c1-16-10-5-7-12-20(16)27-24(33)31-29-18(3)22-14-9-15-23(26-22)19(4)30-32-25(34)28-21-13-8-6-11-17(21)2/h5-15H,1-4H3,(H2,27,31,33)(H2,28,32,34)/b29-18-,30-19-. The van der Waals surface area contributed by atoms with Crippen molar-refractivity contribution < 1.29 is 0 Å². The second-order valence-corrected chi connectivity index (χ2v) is 8.38. The molecule has 4 N–H and O–H groups in total. The van der Waals surface area contributed by atoms with Crippen LogP contribution in [0.5, 0.6) is 0 Å². The number of hydrazone groups is 2. The molecule has 7 nitrogen and oxygen atoms in total. The molecule has 0 saturated heterocycles. The predicted octanol–water partition coefficient (Wildman–Crippen LogP) is 5.12. The van der Waals surface area contributed by atoms with Crippen molar-refractivity contribution in [3.63, 3.8) is 0 Å². The number of nitrogens with one attached hydrogen (secondary N) is 4. The lowest BCUT2D eigenvalue weighted by Crippen LogP contribution is -2.26. The number of hydrogen-bond acceptors (Lipinski definition) is 5. The summed E-state index contributed by atoms with van der Waals surface area (Å²) in [6.07, 6.45) is 0. The lowest BCUT2D eigenvalue weighted by atomic mass is 10.2. The summed E-state index contributed by atoms with van der Waals surface area (Å²) in [5.41, 5.74) is 12.6. The van der Waals surface area contributed by atoms with Gasteiger partial charge in [0.05, 0.1) is 22.8 Å². The van der Waals surface area contributed by atoms with Gasteiger partial charge in [0.25, 0.3) is 0 Å². The van der Waals surface area contributed by atoms with Crippen LogP contribution < -0.4 is 21.5 Å². The molecule has 0 bridgehead atoms. The fraction of sp³-hybridized carbons (Fsp3) is 0.160. The smallest absolute Gasteiger partial charge is 0.191 e. The van der Waals surface area contributed by atoms with E-state index < -0.39 is 0 Å². The molecular formula is C25H27N7S2. The Kier molecular flexibility index (Phi) is 8.78. The summed E-state index contributed by atoms with van der Waals surface area (Å²) in [5, 5.41) is 15.8. The molecule has 0 aliphatic rings. The molecule has 2 aromatic carbocycles. The van der Waals surface area contributed by atoms with E-state index in [2.05, 4.69) is 36.7 Å². The molecule has 9 heteroatoms. The summed E-state index contributed by atoms with van der Waals surface area (Å²) in [6, 6.07) is 21.5. The van der Waals surface area contributed by atoms with Crippen LogP contribution in [0.2, 0.25) is 0 Å². The van der Waals surface area contributed by atoms with Crippen LogP contribution in [0.3, 0.4) is 0 Å². The summed E-state index contributed by atoms with van der Waals surface area (Å²) in [5.74, 6) is 0. The molecule has 0 aliphatic carbocycles. The van der Waals surface area contributed by atoms with Gasteiger partial charge in [0.15, 0.2) is 10.2 Å². The Morgan fingerprint density at radius 1 is 0.647 bits per heavy atom. The Morgan fingerprint density at radius 3 is 1.47 bits per heavy atom. The van der Waals surface area contributed by atoms with E-state index in [1.807, 2.05) is 94.4 Å². The van der Waals surface area contributed by atoms with Gasteiger partial charge >= 0.3 is 0 Å². The van der Waals surface area contributed by atoms with Crippen LogP contribution in [0.4, 0.5) is 11.4 Å². The number of thiocarbonyl (C=S) groups is 2. The first kappa shape index (κ1) is 24.9. The zero-order chi connectivity index (χ0) is 24.5. The number of benzene rings is 2. The number of nitrogens with zero attached hydrogens (tertiary/aromatic N) is 3. The van der Waals surface area contributed by atoms with E-state index in [0.29, 0.717) is 33.0 Å². The van der Waals surface area contributed by atoms with Crippen molar-refractivity contribution in [2.75, 3.05) is 10.6 Å². The van der Waals surface area contributed by atoms with Crippen molar-refractivity contribution in [2.45, 2.75) is 27.7 Å². The van der Waals surface area contributed by atoms with E-state index in [0.717, 1.165) is 22.5 Å². The number of aromatic nitrogens is 1. The van der Waals surface area contributed by atoms with Crippen LogP contribution in [0.1, 0.15) is 36.4 Å². The van der Waals surface area contributed by atoms with Gasteiger partial charge in [0.2, 0.25) is 0 Å². The van der Waals surface area contributed by atoms with Gasteiger partial charge in [-0.25, -0.2) is 4.98 Å². The maximum absolute atomic E-state index is 5.35. The van der Waals surface area contributed by atoms with Crippen LogP contribution in [-0.2, 0) is 0 Å². The number of hydrogen-bond donors (Lipinski definition) is 4. The van der Waals surface area contributed by atoms with Crippen molar-refractivity contribution in [3.8, 4) is 0 Å². The Hall–Kier alpha value is -3.69. The van der Waals surface area contributed by atoms with Crippen LogP contribution in [0, 0.1) is 13.8 Å². The third-order valence-corrected chi connectivity index (χ3v) is 5.31. The van der Waals surface area contributed by atoms with Crippen molar-refractivity contribution >= 4 is 57.5 Å². The van der Waals surface area contributed by atoms with E-state index in [1.54, 1.807) is 0 Å². The molecule has 0 unspecified atom stereocenters. The van der Waals surface area contributed by atoms with E-state index in [1.165, 1.54) is 0 Å². The molecular weight excluding hydrogens is 462 g/mol. The molecule has 1 heterocycles. The molecule has 0 aliphatic heterocycles. The fourth-order valence-electron chi connectivity index (χ4n) is 2.95. The minimum absolute atomic E-state index is 0.404. The molecule has 1 aromatic heterocycles. The van der Waals surface area contributed by atoms with Gasteiger partial charge in [-0.1, -0.05) is 42.5 Å². The van der Waals surface area contributed by atoms with Gasteiger partial charge in [0.1, 0.15) is 0 Å². The highest BCUT2D eigenvalue weighted by atomic mass is 32.1. The summed E-state index contributed by atoms with van der Waals surface area (Å²) in [4.78, 5) is 4.66. The zero-order valence-corrected chi connectivity index (χ0v) is 21.1. The van der Waals surface area contributed by atoms with Crippen molar-refractivity contribution in [2.24, 2.45) is 10.2 Å². The maximum Gasteiger partial charge on any atom is 0.191 e. The number of aryl methyl sites for hydroxylation is 2. The molecule has 34 heavy (non-hydrogen) atoms. The minimum Gasteiger partial charge on any atom is -0.331 e. The maximum atomic E-state index is 5.35. The lowest BCUT2D eigenvalue weighted by molar-refractivity contribution is 1.02. The third-order valence-electron chi connectivity index (χ3n) is 4.93. The van der Waals surface area contributed by atoms with Gasteiger partial charge in [-0.3, -0.25) is 10.9 Å². The molecule has 0 spiro atoms. The summed E-state index contributed by atoms with van der Waals surface area (Å²) >= 11 is 10.7. The van der Waals surface area contributed by atoms with Crippen LogP contribution in [0.15, 0.2) is 76.9 Å². The topological polar surface area (TPSA) is 85.7 Å². The van der Waals surface area contributed by atoms with Gasteiger partial charge in [-0.2, -0.15) is 10.2 Å². The fourth-order valence-corrected chi connectivity index (χ4v) is 3.26. The number of para-hydroxylation sites is 2. The zero-order valence-electron chi connectivity index (χ0n) is 19.5. The molecule has 0 fully saturated rings. The molecule has 0 radical (unpaired) electrons. The molecule has 0 atom stereocenters. The second kappa shape index (κ2) is 12.0. The summed E-state index contributed by atoms with van der Waals surface area (Å²) in [7, 11) is 0. The van der Waals surface area contributed by atoms with E-state index in [4.69, 9.17) is 24.4 Å². The highest BCUT2D eigenvalue weighted by Crippen LogP contribution is 2.13. The van der Waals surface area contributed by atoms with Crippen molar-refractivity contribution in [1.82, 2.24) is 15.8 Å². The van der Waals surface area contributed by atoms with Crippen LogP contribution in [0.25, 0.3) is 0 Å². The monoisotopic (exact) mass is 489 g/mol. The minimum atomic E-state index is 0.404. The quantitative estimate of drug-likeness (QED) is 0.217. The highest BCUT2D eigenvalue weighted by Gasteiger charge is 2.06. The average molecular weight is 490 g/mol. The molecule has 174 valence electrons. The second-order valence-electron chi connectivity index (χ2n) is 7.56. The number of pyridine rings is 1. The van der Waals surface area contributed by atoms with Crippen LogP contribution in [-0.4, -0.2) is 26.6 Å². The highest BCUT2D eigenvalue weighted by molar-refractivity contribution is 7.80. The van der Waals surface area contributed by atoms with E-state index in [9.17, 15) is 0 Å². The molecule has 3 rings (SSSR count). The lowest BCUT2D eigenvalue weighted by Gasteiger charge is -2.11. The van der Waals surface area contributed by atoms with Crippen molar-refractivity contribution in [3.05, 3.63) is 89.2 Å². The van der Waals surface area contributed by atoms with E-state index >= 15 is 0 Å². The van der Waals surface area contributed by atoms with Gasteiger partial charge < -0.3 is 10.6 Å². The number of rotatable bonds is 6. The SMILES string of the molecule is C/C(=N/NC(=S)Nc1ccccc1C)c1cccc(/C(C)=N\NC(=S)Nc2ccccc2C)n1. The number of anilines is 2. The Bertz CT molecular complexity index is 1160. The normalized spacial score (nSPS) is 11.5. The Balaban J connectivity index is 1.61. The van der Waals surface area contributed by atoms with Crippen molar-refractivity contribution in [1.29, 1.82) is 0 Å². The van der Waals surface area contributed by atoms with E-state index in [-0.39, 0.29) is 0 Å². The molecule has 0 saturated carbocycles. The molecule has 0 amide bonds. The molecule has 3 aromatic rings. The van der Waals surface area contributed by atoms with Gasteiger partial charge in [0, 0.05) is 11.4 Å². The van der Waals surface area contributed by atoms with Gasteiger partial charge in [-0.15, -0.1) is 0 Å². The largest absolute Gasteiger partial charge is 0.331 e. The van der Waals surface area contributed by atoms with Gasteiger partial charge in [-0.05, 0) is 87.5 Å². The predicted molar refractivity (Wildman–Crippen MR) is 150 cm³/mol. The summed E-state index contributed by atoms with van der Waals surface area (Å²) in [6.45, 7) is 7.75. The van der Waals surface area contributed by atoms with Crippen LogP contribution >= 0.6 is 24.4 Å². The first-order valence-electron chi connectivity index (χ1n) is 10.6.